The van der Waals surface area contributed by atoms with Crippen LogP contribution >= 0.6 is 0 Å². The number of nitrogens with zero attached hydrogens (tertiary/aromatic N) is 3. The number of para-hydroxylation sites is 1. The number of rotatable bonds is 5. The van der Waals surface area contributed by atoms with Gasteiger partial charge in [-0.05, 0) is 63.4 Å². The Kier molecular flexibility index (Phi) is 6.43. The van der Waals surface area contributed by atoms with Gasteiger partial charge < -0.3 is 4.42 Å². The van der Waals surface area contributed by atoms with Crippen molar-refractivity contribution >= 4 is 32.7 Å². The summed E-state index contributed by atoms with van der Waals surface area (Å²) < 4.78 is 6.19. The molecule has 0 aliphatic rings. The van der Waals surface area contributed by atoms with E-state index in [-0.39, 0.29) is 0 Å². The van der Waals surface area contributed by atoms with Crippen LogP contribution in [0, 0.1) is 0 Å². The molecule has 0 bridgehead atoms. The van der Waals surface area contributed by atoms with Crippen LogP contribution in [0.1, 0.15) is 0 Å². The Bertz CT molecular complexity index is 2570. The average Bonchev–Trinajstić information content (AvgIpc) is 3.55. The quantitative estimate of drug-likeness (QED) is 0.197. The lowest BCUT2D eigenvalue weighted by atomic mass is 9.97. The molecule has 0 saturated carbocycles. The molecule has 0 aliphatic heterocycles. The summed E-state index contributed by atoms with van der Waals surface area (Å²) in [7, 11) is 0. The van der Waals surface area contributed by atoms with Crippen molar-refractivity contribution in [3.05, 3.63) is 164 Å². The van der Waals surface area contributed by atoms with E-state index in [1.54, 1.807) is 0 Å². The molecule has 47 heavy (non-hydrogen) atoms. The second-order valence-corrected chi connectivity index (χ2v) is 11.7. The van der Waals surface area contributed by atoms with E-state index in [0.717, 1.165) is 60.9 Å². The van der Waals surface area contributed by atoms with Crippen LogP contribution in [0.3, 0.4) is 0 Å². The van der Waals surface area contributed by atoms with Crippen LogP contribution in [-0.2, 0) is 0 Å². The van der Waals surface area contributed by atoms with Gasteiger partial charge in [-0.3, -0.25) is 0 Å². The summed E-state index contributed by atoms with van der Waals surface area (Å²) in [5.74, 6) is 1.91. The molecule has 0 atom stereocenters. The highest BCUT2D eigenvalue weighted by molar-refractivity contribution is 6.19. The molecule has 0 N–H and O–H groups in total. The fourth-order valence-electron chi connectivity index (χ4n) is 6.38. The van der Waals surface area contributed by atoms with Crippen molar-refractivity contribution in [2.45, 2.75) is 0 Å². The molecule has 0 fully saturated rings. The van der Waals surface area contributed by atoms with Gasteiger partial charge in [-0.15, -0.1) is 0 Å². The van der Waals surface area contributed by atoms with Crippen molar-refractivity contribution in [3.63, 3.8) is 0 Å². The van der Waals surface area contributed by atoms with Gasteiger partial charge in [0.1, 0.15) is 11.2 Å². The molecule has 9 aromatic rings. The van der Waals surface area contributed by atoms with Gasteiger partial charge in [0.15, 0.2) is 17.5 Å². The molecule has 0 radical (unpaired) electrons. The van der Waals surface area contributed by atoms with E-state index in [1.807, 2.05) is 48.5 Å². The van der Waals surface area contributed by atoms with Crippen molar-refractivity contribution in [2.24, 2.45) is 0 Å². The van der Waals surface area contributed by atoms with E-state index < -0.39 is 0 Å². The van der Waals surface area contributed by atoms with E-state index >= 15 is 0 Å². The first kappa shape index (κ1) is 27.0. The minimum Gasteiger partial charge on any atom is -0.456 e. The zero-order valence-electron chi connectivity index (χ0n) is 25.3. The molecule has 0 saturated heterocycles. The van der Waals surface area contributed by atoms with E-state index in [1.165, 1.54) is 10.8 Å². The Morgan fingerprint density at radius 3 is 1.53 bits per heavy atom. The molecular formula is C43H27N3O. The van der Waals surface area contributed by atoms with Crippen LogP contribution in [0.15, 0.2) is 168 Å². The zero-order valence-corrected chi connectivity index (χ0v) is 25.3. The molecule has 4 heteroatoms. The Morgan fingerprint density at radius 1 is 0.319 bits per heavy atom. The van der Waals surface area contributed by atoms with Gasteiger partial charge in [0.25, 0.3) is 0 Å². The van der Waals surface area contributed by atoms with Crippen molar-refractivity contribution in [3.8, 4) is 56.4 Å². The third kappa shape index (κ3) is 4.93. The maximum absolute atomic E-state index is 6.19. The molecule has 0 amide bonds. The lowest BCUT2D eigenvalue weighted by molar-refractivity contribution is 0.669. The molecule has 7 aromatic carbocycles. The molecule has 0 aliphatic carbocycles. The highest BCUT2D eigenvalue weighted by Gasteiger charge is 2.15. The SMILES string of the molecule is c1ccc(-c2cccc(-c3nc(-c4ccccc4)nc(-c4cccc(-c5ccc6ccc7oc8ccccc8c7c6c5)c4)n3)c2)cc1. The summed E-state index contributed by atoms with van der Waals surface area (Å²) >= 11 is 0. The third-order valence-electron chi connectivity index (χ3n) is 8.71. The molecule has 4 nitrogen and oxygen atoms in total. The molecule has 9 rings (SSSR count). The Balaban J connectivity index is 1.18. The molecular weight excluding hydrogens is 574 g/mol. The monoisotopic (exact) mass is 601 g/mol. The lowest BCUT2D eigenvalue weighted by Crippen LogP contribution is -2.00. The molecule has 220 valence electrons. The van der Waals surface area contributed by atoms with Crippen LogP contribution in [0.25, 0.3) is 89.1 Å². The van der Waals surface area contributed by atoms with Crippen molar-refractivity contribution in [1.29, 1.82) is 0 Å². The van der Waals surface area contributed by atoms with Gasteiger partial charge in [0.2, 0.25) is 0 Å². The maximum Gasteiger partial charge on any atom is 0.164 e. The van der Waals surface area contributed by atoms with Gasteiger partial charge in [-0.25, -0.2) is 15.0 Å². The third-order valence-corrected chi connectivity index (χ3v) is 8.71. The number of furan rings is 1. The summed E-state index contributed by atoms with van der Waals surface area (Å²) in [6.45, 7) is 0. The molecule has 0 unspecified atom stereocenters. The Hall–Kier alpha value is -6.39. The van der Waals surface area contributed by atoms with E-state index in [2.05, 4.69) is 115 Å². The first-order valence-corrected chi connectivity index (χ1v) is 15.7. The Morgan fingerprint density at radius 2 is 0.830 bits per heavy atom. The minimum atomic E-state index is 0.629. The van der Waals surface area contributed by atoms with Gasteiger partial charge in [-0.2, -0.15) is 0 Å². The predicted octanol–water partition coefficient (Wildman–Crippen LogP) is 11.3. The van der Waals surface area contributed by atoms with Crippen LogP contribution in [-0.4, -0.2) is 15.0 Å². The summed E-state index contributed by atoms with van der Waals surface area (Å²) in [4.78, 5) is 15.0. The smallest absolute Gasteiger partial charge is 0.164 e. The van der Waals surface area contributed by atoms with Crippen molar-refractivity contribution < 1.29 is 4.42 Å². The van der Waals surface area contributed by atoms with Gasteiger partial charge >= 0.3 is 0 Å². The van der Waals surface area contributed by atoms with Crippen molar-refractivity contribution in [1.82, 2.24) is 15.0 Å². The highest BCUT2D eigenvalue weighted by atomic mass is 16.3. The van der Waals surface area contributed by atoms with Gasteiger partial charge in [0.05, 0.1) is 0 Å². The van der Waals surface area contributed by atoms with E-state index in [0.29, 0.717) is 17.5 Å². The summed E-state index contributed by atoms with van der Waals surface area (Å²) in [5, 5.41) is 4.61. The normalized spacial score (nSPS) is 11.4. The predicted molar refractivity (Wildman–Crippen MR) is 192 cm³/mol. The Labute approximate surface area is 271 Å². The number of fused-ring (bicyclic) bond motifs is 5. The maximum atomic E-state index is 6.19. The fourth-order valence-corrected chi connectivity index (χ4v) is 6.38. The molecule has 2 heterocycles. The number of hydrogen-bond donors (Lipinski definition) is 0. The van der Waals surface area contributed by atoms with E-state index in [4.69, 9.17) is 19.4 Å². The number of hydrogen-bond acceptors (Lipinski definition) is 4. The van der Waals surface area contributed by atoms with E-state index in [9.17, 15) is 0 Å². The second kappa shape index (κ2) is 11.2. The van der Waals surface area contributed by atoms with Crippen LogP contribution in [0.5, 0.6) is 0 Å². The van der Waals surface area contributed by atoms with Crippen LogP contribution in [0.2, 0.25) is 0 Å². The number of aromatic nitrogens is 3. The standard InChI is InChI=1S/C43H27N3O/c1-3-11-28(12-4-1)31-15-9-17-34(25-31)42-44-41(30-13-5-2-6-14-30)45-43(46-42)35-18-10-16-32(26-35)33-22-21-29-23-24-39-40(37(29)27-33)36-19-7-8-20-38(36)47-39/h1-27H. The van der Waals surface area contributed by atoms with Gasteiger partial charge in [-0.1, -0.05) is 133 Å². The summed E-state index contributed by atoms with van der Waals surface area (Å²) in [5.41, 5.74) is 9.07. The fraction of sp³-hybridized carbons (Fsp3) is 0. The largest absolute Gasteiger partial charge is 0.456 e. The highest BCUT2D eigenvalue weighted by Crippen LogP contribution is 2.37. The number of benzene rings is 7. The van der Waals surface area contributed by atoms with Gasteiger partial charge in [0, 0.05) is 27.5 Å². The van der Waals surface area contributed by atoms with Crippen LogP contribution < -0.4 is 0 Å². The van der Waals surface area contributed by atoms with Crippen LogP contribution in [0.4, 0.5) is 0 Å². The topological polar surface area (TPSA) is 51.8 Å². The molecule has 2 aromatic heterocycles. The second-order valence-electron chi connectivity index (χ2n) is 11.7. The summed E-state index contributed by atoms with van der Waals surface area (Å²) in [6, 6.07) is 56.4. The first-order valence-electron chi connectivity index (χ1n) is 15.7. The molecule has 0 spiro atoms. The lowest BCUT2D eigenvalue weighted by Gasteiger charge is -2.11. The zero-order chi connectivity index (χ0) is 31.2. The first-order chi connectivity index (χ1) is 23.3. The summed E-state index contributed by atoms with van der Waals surface area (Å²) in [6.07, 6.45) is 0. The van der Waals surface area contributed by atoms with Crippen molar-refractivity contribution in [2.75, 3.05) is 0 Å². The average molecular weight is 602 g/mol. The minimum absolute atomic E-state index is 0.629.